The molecule has 0 bridgehead atoms. The van der Waals surface area contributed by atoms with Crippen molar-refractivity contribution in [1.29, 1.82) is 0 Å². The molecule has 0 aliphatic rings. The molecule has 140 valence electrons. The zero-order valence-electron chi connectivity index (χ0n) is 16.5. The average molecular weight is 368 g/mol. The van der Waals surface area contributed by atoms with Crippen LogP contribution in [0.1, 0.15) is 23.7 Å². The number of aliphatic imine (C=N–C) groups is 1. The molecule has 0 aliphatic heterocycles. The Hall–Kier alpha value is -3.33. The molecule has 0 aliphatic carbocycles. The van der Waals surface area contributed by atoms with Crippen LogP contribution in [0.15, 0.2) is 83.9 Å². The lowest BCUT2D eigenvalue weighted by molar-refractivity contribution is 0.415. The molecule has 1 heterocycles. The second-order valence-electron chi connectivity index (χ2n) is 6.78. The van der Waals surface area contributed by atoms with Crippen LogP contribution in [-0.4, -0.2) is 17.4 Å². The van der Waals surface area contributed by atoms with Gasteiger partial charge in [0.15, 0.2) is 0 Å². The van der Waals surface area contributed by atoms with E-state index < -0.39 is 0 Å². The Kier molecular flexibility index (Phi) is 4.98. The minimum absolute atomic E-state index is 0.833. The van der Waals surface area contributed by atoms with Crippen molar-refractivity contribution in [2.24, 2.45) is 12.0 Å². The lowest BCUT2D eigenvalue weighted by Crippen LogP contribution is -2.07. The van der Waals surface area contributed by atoms with Gasteiger partial charge in [-0.3, -0.25) is 0 Å². The van der Waals surface area contributed by atoms with Gasteiger partial charge in [0.25, 0.3) is 0 Å². The Morgan fingerprint density at radius 1 is 0.893 bits per heavy atom. The first kappa shape index (κ1) is 18.1. The number of nitrogens with zero attached hydrogens (tertiary/aromatic N) is 2. The molecule has 0 saturated heterocycles. The van der Waals surface area contributed by atoms with E-state index in [-0.39, 0.29) is 0 Å². The van der Waals surface area contributed by atoms with Crippen LogP contribution >= 0.6 is 0 Å². The van der Waals surface area contributed by atoms with Gasteiger partial charge in [-0.1, -0.05) is 55.5 Å². The molecule has 0 saturated carbocycles. The van der Waals surface area contributed by atoms with Gasteiger partial charge in [0, 0.05) is 34.8 Å². The van der Waals surface area contributed by atoms with Crippen LogP contribution in [0.4, 0.5) is 5.69 Å². The van der Waals surface area contributed by atoms with Crippen LogP contribution in [0.25, 0.3) is 10.9 Å². The van der Waals surface area contributed by atoms with E-state index in [9.17, 15) is 0 Å². The highest BCUT2D eigenvalue weighted by Crippen LogP contribution is 2.30. The minimum Gasteiger partial charge on any atom is -0.497 e. The Bertz CT molecular complexity index is 1120. The summed E-state index contributed by atoms with van der Waals surface area (Å²) in [5.41, 5.74) is 6.76. The summed E-state index contributed by atoms with van der Waals surface area (Å²) in [6.45, 7) is 2.20. The Morgan fingerprint density at radius 2 is 1.57 bits per heavy atom. The van der Waals surface area contributed by atoms with E-state index in [1.165, 1.54) is 22.2 Å². The van der Waals surface area contributed by atoms with Crippen LogP contribution in [0.2, 0.25) is 0 Å². The maximum atomic E-state index is 5.29. The van der Waals surface area contributed by atoms with E-state index >= 15 is 0 Å². The molecule has 0 amide bonds. The van der Waals surface area contributed by atoms with Crippen molar-refractivity contribution in [3.05, 3.63) is 95.7 Å². The average Bonchev–Trinajstić information content (AvgIpc) is 3.05. The van der Waals surface area contributed by atoms with Gasteiger partial charge in [-0.25, -0.2) is 4.99 Å². The largest absolute Gasteiger partial charge is 0.497 e. The number of benzene rings is 3. The van der Waals surface area contributed by atoms with Crippen molar-refractivity contribution in [3.8, 4) is 5.75 Å². The van der Waals surface area contributed by atoms with Crippen molar-refractivity contribution in [3.63, 3.8) is 0 Å². The quantitative estimate of drug-likeness (QED) is 0.402. The summed E-state index contributed by atoms with van der Waals surface area (Å²) in [6, 6.07) is 26.9. The third-order valence-electron chi connectivity index (χ3n) is 5.16. The molecule has 0 atom stereocenters. The van der Waals surface area contributed by atoms with E-state index in [2.05, 4.69) is 67.1 Å². The predicted octanol–water partition coefficient (Wildman–Crippen LogP) is 5.92. The van der Waals surface area contributed by atoms with Gasteiger partial charge in [0.1, 0.15) is 5.75 Å². The molecule has 0 spiro atoms. The predicted molar refractivity (Wildman–Crippen MR) is 117 cm³/mol. The van der Waals surface area contributed by atoms with Gasteiger partial charge in [0.2, 0.25) is 0 Å². The number of methoxy groups -OCH3 is 1. The number of fused-ring (bicyclic) bond motifs is 1. The monoisotopic (exact) mass is 368 g/mol. The van der Waals surface area contributed by atoms with E-state index in [1.807, 2.05) is 30.3 Å². The zero-order valence-corrected chi connectivity index (χ0v) is 16.5. The van der Waals surface area contributed by atoms with Gasteiger partial charge in [0.05, 0.1) is 18.5 Å². The number of para-hydroxylation sites is 1. The summed E-state index contributed by atoms with van der Waals surface area (Å²) in [5.74, 6) is 0.833. The maximum absolute atomic E-state index is 5.29. The number of rotatable bonds is 5. The van der Waals surface area contributed by atoms with Crippen molar-refractivity contribution in [2.45, 2.75) is 13.3 Å². The topological polar surface area (TPSA) is 26.5 Å². The van der Waals surface area contributed by atoms with E-state index in [0.717, 1.165) is 29.1 Å². The number of aryl methyl sites for hydroxylation is 1. The molecule has 0 radical (unpaired) electrons. The second-order valence-corrected chi connectivity index (χ2v) is 6.78. The molecule has 3 nitrogen and oxygen atoms in total. The van der Waals surface area contributed by atoms with Gasteiger partial charge < -0.3 is 9.30 Å². The van der Waals surface area contributed by atoms with Crippen LogP contribution < -0.4 is 4.74 Å². The first-order chi connectivity index (χ1) is 13.7. The molecule has 3 aromatic carbocycles. The van der Waals surface area contributed by atoms with Crippen LogP contribution in [0, 0.1) is 0 Å². The molecule has 0 fully saturated rings. The normalized spacial score (nSPS) is 11.8. The van der Waals surface area contributed by atoms with Crippen molar-refractivity contribution in [2.75, 3.05) is 7.11 Å². The number of aromatic nitrogens is 1. The first-order valence-corrected chi connectivity index (χ1v) is 9.57. The second kappa shape index (κ2) is 7.73. The van der Waals surface area contributed by atoms with Crippen molar-refractivity contribution < 1.29 is 4.74 Å². The van der Waals surface area contributed by atoms with E-state index in [1.54, 1.807) is 7.11 Å². The van der Waals surface area contributed by atoms with Gasteiger partial charge in [-0.2, -0.15) is 0 Å². The first-order valence-electron chi connectivity index (χ1n) is 9.57. The molecule has 0 N–H and O–H groups in total. The molecule has 28 heavy (non-hydrogen) atoms. The highest BCUT2D eigenvalue weighted by molar-refractivity contribution is 6.21. The van der Waals surface area contributed by atoms with Crippen LogP contribution in [0.3, 0.4) is 0 Å². The smallest absolute Gasteiger partial charge is 0.119 e. The highest BCUT2D eigenvalue weighted by Gasteiger charge is 2.19. The molecule has 4 rings (SSSR count). The van der Waals surface area contributed by atoms with Crippen LogP contribution in [-0.2, 0) is 13.5 Å². The van der Waals surface area contributed by atoms with Crippen molar-refractivity contribution in [1.82, 2.24) is 4.57 Å². The molecular formula is C25H24N2O. The highest BCUT2D eigenvalue weighted by atomic mass is 16.5. The zero-order chi connectivity index (χ0) is 19.5. The molecular weight excluding hydrogens is 344 g/mol. The molecule has 1 aromatic heterocycles. The lowest BCUT2D eigenvalue weighted by Gasteiger charge is -2.11. The molecule has 4 aromatic rings. The fourth-order valence-electron chi connectivity index (χ4n) is 3.77. The summed E-state index contributed by atoms with van der Waals surface area (Å²) in [6.07, 6.45) is 0.939. The van der Waals surface area contributed by atoms with Gasteiger partial charge >= 0.3 is 0 Å². The minimum atomic E-state index is 0.833. The van der Waals surface area contributed by atoms with Crippen molar-refractivity contribution >= 4 is 22.3 Å². The SMILES string of the molecule is CCc1c(C(=Nc2ccc(OC)cc2)c2ccccc2)c2ccccc2n1C. The standard InChI is InChI=1S/C25H24N2O/c1-4-22-24(21-12-8-9-13-23(21)27(22)2)25(18-10-6-5-7-11-18)26-19-14-16-20(28-3)17-15-19/h5-17H,4H2,1-3H3. The fourth-order valence-corrected chi connectivity index (χ4v) is 3.77. The maximum Gasteiger partial charge on any atom is 0.119 e. The number of hydrogen-bond donors (Lipinski definition) is 0. The van der Waals surface area contributed by atoms with Crippen LogP contribution in [0.5, 0.6) is 5.75 Å². The molecule has 0 unspecified atom stereocenters. The van der Waals surface area contributed by atoms with E-state index in [4.69, 9.17) is 9.73 Å². The fraction of sp³-hybridized carbons (Fsp3) is 0.160. The van der Waals surface area contributed by atoms with Gasteiger partial charge in [-0.15, -0.1) is 0 Å². The summed E-state index contributed by atoms with van der Waals surface area (Å²) in [4.78, 5) is 5.09. The Labute approximate surface area is 165 Å². The third-order valence-corrected chi connectivity index (χ3v) is 5.16. The number of hydrogen-bond acceptors (Lipinski definition) is 2. The summed E-state index contributed by atoms with van der Waals surface area (Å²) < 4.78 is 7.58. The molecule has 3 heteroatoms. The Balaban J connectivity index is 1.99. The third kappa shape index (κ3) is 3.20. The lowest BCUT2D eigenvalue weighted by atomic mass is 9.98. The Morgan fingerprint density at radius 3 is 2.25 bits per heavy atom. The number of ether oxygens (including phenoxy) is 1. The van der Waals surface area contributed by atoms with E-state index in [0.29, 0.717) is 0 Å². The summed E-state index contributed by atoms with van der Waals surface area (Å²) >= 11 is 0. The summed E-state index contributed by atoms with van der Waals surface area (Å²) in [5, 5.41) is 1.23. The van der Waals surface area contributed by atoms with Gasteiger partial charge in [-0.05, 0) is 36.8 Å². The summed E-state index contributed by atoms with van der Waals surface area (Å²) in [7, 11) is 3.82.